The van der Waals surface area contributed by atoms with E-state index in [1.54, 1.807) is 24.7 Å². The molecule has 1 aliphatic rings. The number of hydrogen-bond acceptors (Lipinski definition) is 4. The van der Waals surface area contributed by atoms with Crippen LogP contribution in [0.1, 0.15) is 39.5 Å². The van der Waals surface area contributed by atoms with E-state index in [2.05, 4.69) is 48.9 Å². The minimum atomic E-state index is -4.84. The summed E-state index contributed by atoms with van der Waals surface area (Å²) in [5.74, 6) is 1.33. The van der Waals surface area contributed by atoms with Crippen molar-refractivity contribution in [2.24, 2.45) is 0 Å². The fourth-order valence-corrected chi connectivity index (χ4v) is 4.03. The molecular formula is C28H37ClF3N3O2. The molecule has 204 valence electrons. The maximum absolute atomic E-state index is 13.6. The number of halogens is 4. The third-order valence-corrected chi connectivity index (χ3v) is 5.93. The van der Waals surface area contributed by atoms with E-state index in [0.29, 0.717) is 32.0 Å². The summed E-state index contributed by atoms with van der Waals surface area (Å²) in [6, 6.07) is 0. The summed E-state index contributed by atoms with van der Waals surface area (Å²) < 4.78 is 47.8. The monoisotopic (exact) mass is 539 g/mol. The lowest BCUT2D eigenvalue weighted by Gasteiger charge is -2.23. The summed E-state index contributed by atoms with van der Waals surface area (Å²) in [6.07, 6.45) is 11.7. The van der Waals surface area contributed by atoms with Crippen LogP contribution in [-0.4, -0.2) is 52.5 Å². The van der Waals surface area contributed by atoms with Crippen molar-refractivity contribution in [2.75, 3.05) is 25.1 Å². The summed E-state index contributed by atoms with van der Waals surface area (Å²) in [6.45, 7) is 13.1. The predicted octanol–water partition coefficient (Wildman–Crippen LogP) is 4.84. The molecule has 5 nitrogen and oxygen atoms in total. The Morgan fingerprint density at radius 2 is 1.95 bits per heavy atom. The molecule has 0 amide bonds. The van der Waals surface area contributed by atoms with Crippen molar-refractivity contribution in [2.45, 2.75) is 63.7 Å². The molecule has 1 aromatic heterocycles. The van der Waals surface area contributed by atoms with Gasteiger partial charge >= 0.3 is 6.18 Å². The molecule has 2 rings (SSSR count). The summed E-state index contributed by atoms with van der Waals surface area (Å²) in [5, 5.41) is 10.1. The first kappa shape index (κ1) is 32.1. The van der Waals surface area contributed by atoms with E-state index in [1.807, 2.05) is 6.08 Å². The predicted molar refractivity (Wildman–Crippen MR) is 147 cm³/mol. The van der Waals surface area contributed by atoms with Crippen molar-refractivity contribution in [1.82, 2.24) is 9.55 Å². The number of aromatic nitrogens is 2. The number of ether oxygens (including phenoxy) is 1. The molecule has 1 aliphatic heterocycles. The number of nitrogens with zero attached hydrogens (tertiary/aromatic N) is 3. The summed E-state index contributed by atoms with van der Waals surface area (Å²) in [4.78, 5) is 6.63. The van der Waals surface area contributed by atoms with E-state index in [-0.39, 0.29) is 16.3 Å². The molecule has 0 saturated carbocycles. The quantitative estimate of drug-likeness (QED) is 0.152. The summed E-state index contributed by atoms with van der Waals surface area (Å²) in [7, 11) is 1.61. The second-order valence-corrected chi connectivity index (χ2v) is 9.10. The van der Waals surface area contributed by atoms with Gasteiger partial charge in [-0.15, -0.1) is 24.4 Å². The van der Waals surface area contributed by atoms with Crippen LogP contribution >= 0.6 is 11.6 Å². The number of terminal acetylenes is 1. The standard InChI is InChI=1S/C26H35ClF3N3O2.C2H2/c1-6-10-21(35-5)13-12-20(7-2)17-32-15-8-9-16-33-23(19(4)31-25(32)33)22(14-11-18(3)27)24(34)26(28,29)30;1-2/h6,10-12,14,18,24,34H,1,4,7-9,13,15-17H2,2-3,5H3;1-2H/b14-11-,20-12-,21-10+,23-22-;. The fraction of sp³-hybridized carbons (Fsp3) is 0.464. The lowest BCUT2D eigenvalue weighted by atomic mass is 10.1. The Hall–Kier alpha value is -2.89. The van der Waals surface area contributed by atoms with Crippen molar-refractivity contribution in [3.8, 4) is 12.8 Å². The number of imidazole rings is 1. The Labute approximate surface area is 223 Å². The van der Waals surface area contributed by atoms with Gasteiger partial charge in [0.25, 0.3) is 0 Å². The molecule has 2 heterocycles. The third kappa shape index (κ3) is 9.17. The first-order valence-corrected chi connectivity index (χ1v) is 12.5. The van der Waals surface area contributed by atoms with Crippen LogP contribution in [0.5, 0.6) is 0 Å². The average Bonchev–Trinajstić information content (AvgIpc) is 3.05. The van der Waals surface area contributed by atoms with Gasteiger partial charge in [-0.1, -0.05) is 50.0 Å². The molecule has 0 aliphatic carbocycles. The van der Waals surface area contributed by atoms with Crippen LogP contribution in [-0.2, 0) is 11.3 Å². The molecule has 0 aromatic carbocycles. The largest absolute Gasteiger partial charge is 0.501 e. The minimum absolute atomic E-state index is 0.183. The van der Waals surface area contributed by atoms with Crippen LogP contribution < -0.4 is 15.6 Å². The second kappa shape index (κ2) is 15.4. The smallest absolute Gasteiger partial charge is 0.418 e. The van der Waals surface area contributed by atoms with E-state index in [1.165, 1.54) is 12.2 Å². The topological polar surface area (TPSA) is 50.5 Å². The van der Waals surface area contributed by atoms with Crippen molar-refractivity contribution < 1.29 is 23.0 Å². The molecule has 0 bridgehead atoms. The molecule has 9 heteroatoms. The van der Waals surface area contributed by atoms with Gasteiger partial charge in [-0.25, -0.2) is 4.98 Å². The fourth-order valence-electron chi connectivity index (χ4n) is 3.96. The lowest BCUT2D eigenvalue weighted by Crippen LogP contribution is -2.40. The maximum Gasteiger partial charge on any atom is 0.418 e. The molecule has 37 heavy (non-hydrogen) atoms. The molecule has 2 unspecified atom stereocenters. The summed E-state index contributed by atoms with van der Waals surface area (Å²) in [5.41, 5.74) is 0.845. The van der Waals surface area contributed by atoms with Gasteiger partial charge in [0.2, 0.25) is 5.95 Å². The first-order valence-electron chi connectivity index (χ1n) is 12.0. The van der Waals surface area contributed by atoms with Gasteiger partial charge in [-0.3, -0.25) is 0 Å². The number of aliphatic hydroxyl groups is 1. The van der Waals surface area contributed by atoms with Gasteiger partial charge in [-0.2, -0.15) is 13.2 Å². The van der Waals surface area contributed by atoms with Crippen molar-refractivity contribution in [3.05, 3.63) is 59.0 Å². The molecule has 2 atom stereocenters. The SMILES string of the molecule is C#C.C=C/C=C(\C/C=C(/CC)CN1CCCCn2c1nc(=C)/c2=C(\C=C/C(C)Cl)C(O)C(F)(F)F)OC. The van der Waals surface area contributed by atoms with E-state index >= 15 is 0 Å². The Kier molecular flexibility index (Phi) is 13.4. The number of methoxy groups -OCH3 is 1. The number of allylic oxidation sites excluding steroid dienone is 4. The normalized spacial score (nSPS) is 17.3. The highest BCUT2D eigenvalue weighted by Gasteiger charge is 2.41. The van der Waals surface area contributed by atoms with Crippen LogP contribution in [0.3, 0.4) is 0 Å². The van der Waals surface area contributed by atoms with E-state index in [9.17, 15) is 18.3 Å². The number of hydrogen-bond donors (Lipinski definition) is 1. The number of alkyl halides is 4. The van der Waals surface area contributed by atoms with Crippen LogP contribution in [0.15, 0.2) is 48.3 Å². The average molecular weight is 540 g/mol. The van der Waals surface area contributed by atoms with Gasteiger partial charge in [-0.05, 0) is 32.3 Å². The molecule has 0 radical (unpaired) electrons. The van der Waals surface area contributed by atoms with Crippen LogP contribution in [0.2, 0.25) is 0 Å². The highest BCUT2D eigenvalue weighted by molar-refractivity contribution is 6.21. The van der Waals surface area contributed by atoms with Crippen molar-refractivity contribution in [3.63, 3.8) is 0 Å². The molecular weight excluding hydrogens is 503 g/mol. The van der Waals surface area contributed by atoms with E-state index in [4.69, 9.17) is 16.3 Å². The van der Waals surface area contributed by atoms with Crippen molar-refractivity contribution >= 4 is 29.7 Å². The zero-order chi connectivity index (χ0) is 28.2. The van der Waals surface area contributed by atoms with Crippen molar-refractivity contribution in [1.29, 1.82) is 0 Å². The highest BCUT2D eigenvalue weighted by atomic mass is 35.5. The number of anilines is 1. The lowest BCUT2D eigenvalue weighted by molar-refractivity contribution is -0.184. The van der Waals surface area contributed by atoms with Gasteiger partial charge in [0.1, 0.15) is 0 Å². The van der Waals surface area contributed by atoms with Gasteiger partial charge in [0.15, 0.2) is 6.10 Å². The highest BCUT2D eigenvalue weighted by Crippen LogP contribution is 2.27. The molecule has 0 saturated heterocycles. The second-order valence-electron chi connectivity index (χ2n) is 8.42. The minimum Gasteiger partial charge on any atom is -0.501 e. The Bertz CT molecular complexity index is 1110. The Morgan fingerprint density at radius 3 is 2.49 bits per heavy atom. The van der Waals surface area contributed by atoms with Gasteiger partial charge < -0.3 is 19.3 Å². The molecule has 0 fully saturated rings. The molecule has 0 spiro atoms. The van der Waals surface area contributed by atoms with E-state index < -0.39 is 17.7 Å². The number of fused-ring (bicyclic) bond motifs is 1. The molecule has 1 N–H and O–H groups in total. The zero-order valence-corrected chi connectivity index (χ0v) is 22.5. The summed E-state index contributed by atoms with van der Waals surface area (Å²) >= 11 is 5.96. The first-order chi connectivity index (χ1) is 17.5. The zero-order valence-electron chi connectivity index (χ0n) is 21.8. The molecule has 1 aromatic rings. The van der Waals surface area contributed by atoms with Crippen LogP contribution in [0.25, 0.3) is 12.2 Å². The van der Waals surface area contributed by atoms with Crippen LogP contribution in [0.4, 0.5) is 19.1 Å². The van der Waals surface area contributed by atoms with Gasteiger partial charge in [0.05, 0.1) is 23.6 Å². The Morgan fingerprint density at radius 1 is 1.30 bits per heavy atom. The third-order valence-electron chi connectivity index (χ3n) is 5.79. The Balaban J connectivity index is 0.00000334. The van der Waals surface area contributed by atoms with Crippen LogP contribution in [0, 0.1) is 12.8 Å². The van der Waals surface area contributed by atoms with Gasteiger partial charge in [0, 0.05) is 37.0 Å². The van der Waals surface area contributed by atoms with E-state index in [0.717, 1.165) is 30.6 Å². The maximum atomic E-state index is 13.6. The number of rotatable bonds is 10. The number of aliphatic hydroxyl groups excluding tert-OH is 1.